The Hall–Kier alpha value is -0.540. The largest absolute Gasteiger partial charge is 0.355 e. The van der Waals surface area contributed by atoms with Gasteiger partial charge in [-0.3, -0.25) is 4.79 Å². The van der Waals surface area contributed by atoms with Gasteiger partial charge in [0.05, 0.1) is 5.92 Å². The van der Waals surface area contributed by atoms with Crippen molar-refractivity contribution in [2.24, 2.45) is 11.8 Å². The molecule has 1 aromatic heterocycles. The van der Waals surface area contributed by atoms with Gasteiger partial charge in [-0.15, -0.1) is 22.9 Å². The molecular formula is C17H24ClNOS. The van der Waals surface area contributed by atoms with E-state index in [0.29, 0.717) is 11.8 Å². The van der Waals surface area contributed by atoms with E-state index in [2.05, 4.69) is 16.8 Å². The maximum Gasteiger partial charge on any atom is 0.227 e. The van der Waals surface area contributed by atoms with Crippen molar-refractivity contribution in [3.63, 3.8) is 0 Å². The van der Waals surface area contributed by atoms with Crippen LogP contribution in [-0.2, 0) is 11.2 Å². The van der Waals surface area contributed by atoms with Crippen LogP contribution in [0.15, 0.2) is 11.4 Å². The van der Waals surface area contributed by atoms with Crippen molar-refractivity contribution in [3.05, 3.63) is 21.9 Å². The molecule has 21 heavy (non-hydrogen) atoms. The Morgan fingerprint density at radius 2 is 2.05 bits per heavy atom. The first-order valence-corrected chi connectivity index (χ1v) is 9.61. The van der Waals surface area contributed by atoms with Crippen molar-refractivity contribution in [1.82, 2.24) is 5.32 Å². The highest BCUT2D eigenvalue weighted by Gasteiger charge is 2.29. The van der Waals surface area contributed by atoms with Gasteiger partial charge in [-0.25, -0.2) is 0 Å². The summed E-state index contributed by atoms with van der Waals surface area (Å²) in [6.07, 6.45) is 8.30. The molecule has 3 rings (SSSR count). The van der Waals surface area contributed by atoms with E-state index in [1.807, 2.05) is 0 Å². The first-order valence-electron chi connectivity index (χ1n) is 8.19. The van der Waals surface area contributed by atoms with E-state index in [9.17, 15) is 4.79 Å². The number of hydrogen-bond donors (Lipinski definition) is 1. The maximum absolute atomic E-state index is 12.6. The van der Waals surface area contributed by atoms with E-state index in [4.69, 9.17) is 11.6 Å². The summed E-state index contributed by atoms with van der Waals surface area (Å²) in [7, 11) is 0. The van der Waals surface area contributed by atoms with Crippen LogP contribution in [0.3, 0.4) is 0 Å². The lowest BCUT2D eigenvalue weighted by Gasteiger charge is -2.31. The van der Waals surface area contributed by atoms with E-state index in [-0.39, 0.29) is 11.8 Å². The van der Waals surface area contributed by atoms with Gasteiger partial charge >= 0.3 is 0 Å². The minimum absolute atomic E-state index is 0.0815. The summed E-state index contributed by atoms with van der Waals surface area (Å²) in [6.45, 7) is 0.812. The second-order valence-corrected chi connectivity index (χ2v) is 7.76. The highest BCUT2D eigenvalue weighted by atomic mass is 35.5. The lowest BCUT2D eigenvalue weighted by Crippen LogP contribution is -2.37. The fourth-order valence-electron chi connectivity index (χ4n) is 3.87. The van der Waals surface area contributed by atoms with Gasteiger partial charge in [-0.1, -0.05) is 12.8 Å². The number of rotatable bonds is 4. The number of halogens is 1. The van der Waals surface area contributed by atoms with Gasteiger partial charge in [-0.2, -0.15) is 0 Å². The molecule has 3 atom stereocenters. The number of thiophene rings is 1. The quantitative estimate of drug-likeness (QED) is 0.820. The zero-order valence-corrected chi connectivity index (χ0v) is 14.0. The molecule has 2 nitrogen and oxygen atoms in total. The predicted molar refractivity (Wildman–Crippen MR) is 89.2 cm³/mol. The summed E-state index contributed by atoms with van der Waals surface area (Å²) in [5.74, 6) is 2.21. The molecule has 1 aromatic rings. The molecule has 1 N–H and O–H groups in total. The van der Waals surface area contributed by atoms with Crippen LogP contribution in [-0.4, -0.2) is 18.3 Å². The van der Waals surface area contributed by atoms with Gasteiger partial charge in [0.2, 0.25) is 5.91 Å². The molecule has 0 spiro atoms. The number of nitrogens with one attached hydrogen (secondary N) is 1. The van der Waals surface area contributed by atoms with Gasteiger partial charge in [0, 0.05) is 17.3 Å². The Morgan fingerprint density at radius 1 is 1.24 bits per heavy atom. The topological polar surface area (TPSA) is 29.1 Å². The number of hydrogen-bond acceptors (Lipinski definition) is 2. The average molecular weight is 326 g/mol. The van der Waals surface area contributed by atoms with Crippen LogP contribution in [0.1, 0.15) is 54.9 Å². The summed E-state index contributed by atoms with van der Waals surface area (Å²) in [4.78, 5) is 14.0. The number of aryl methyl sites for hydroxylation is 1. The molecule has 1 saturated carbocycles. The number of carbonyl (C=O) groups excluding carboxylic acids is 1. The number of amides is 1. The summed E-state index contributed by atoms with van der Waals surface area (Å²) < 4.78 is 0. The lowest BCUT2D eigenvalue weighted by atomic mass is 9.80. The summed E-state index contributed by atoms with van der Waals surface area (Å²) in [6, 6.07) is 2.14. The summed E-state index contributed by atoms with van der Waals surface area (Å²) >= 11 is 7.88. The van der Waals surface area contributed by atoms with Gasteiger partial charge in [-0.05, 0) is 60.9 Å². The van der Waals surface area contributed by atoms with Crippen LogP contribution in [0.4, 0.5) is 0 Å². The Morgan fingerprint density at radius 3 is 2.86 bits per heavy atom. The molecule has 2 aliphatic rings. The van der Waals surface area contributed by atoms with E-state index >= 15 is 0 Å². The van der Waals surface area contributed by atoms with Gasteiger partial charge in [0.1, 0.15) is 0 Å². The number of fused-ring (bicyclic) bond motifs is 1. The van der Waals surface area contributed by atoms with Crippen LogP contribution in [0.25, 0.3) is 0 Å². The molecule has 116 valence electrons. The second-order valence-electron chi connectivity index (χ2n) is 6.45. The zero-order valence-electron chi connectivity index (χ0n) is 12.4. The van der Waals surface area contributed by atoms with Crippen LogP contribution < -0.4 is 5.32 Å². The van der Waals surface area contributed by atoms with Gasteiger partial charge in [0.25, 0.3) is 0 Å². The fourth-order valence-corrected chi connectivity index (χ4v) is 5.26. The molecule has 4 heteroatoms. The minimum Gasteiger partial charge on any atom is -0.355 e. The highest BCUT2D eigenvalue weighted by molar-refractivity contribution is 7.10. The Bertz CT molecular complexity index is 487. The fraction of sp³-hybridized carbons (Fsp3) is 0.706. The van der Waals surface area contributed by atoms with Crippen molar-refractivity contribution in [3.8, 4) is 0 Å². The van der Waals surface area contributed by atoms with E-state index < -0.39 is 0 Å². The molecule has 0 saturated heterocycles. The molecule has 1 heterocycles. The first kappa shape index (κ1) is 15.4. The van der Waals surface area contributed by atoms with Crippen LogP contribution in [0, 0.1) is 11.8 Å². The van der Waals surface area contributed by atoms with Crippen molar-refractivity contribution in [1.29, 1.82) is 0 Å². The smallest absolute Gasteiger partial charge is 0.227 e. The van der Waals surface area contributed by atoms with Crippen molar-refractivity contribution in [2.45, 2.75) is 50.9 Å². The van der Waals surface area contributed by atoms with E-state index in [0.717, 1.165) is 31.7 Å². The zero-order chi connectivity index (χ0) is 14.7. The lowest BCUT2D eigenvalue weighted by molar-refractivity contribution is -0.123. The highest BCUT2D eigenvalue weighted by Crippen LogP contribution is 2.35. The Kier molecular flexibility index (Phi) is 5.23. The third kappa shape index (κ3) is 3.45. The molecule has 1 fully saturated rings. The molecule has 0 bridgehead atoms. The van der Waals surface area contributed by atoms with Gasteiger partial charge < -0.3 is 5.32 Å². The van der Waals surface area contributed by atoms with Crippen LogP contribution in [0.2, 0.25) is 0 Å². The minimum atomic E-state index is 0.0815. The standard InChI is InChI=1S/C17H24ClNOS/c18-10-12-4-1-2-5-13(12)11-19-17(20)15-6-3-7-16-14(15)8-9-21-16/h8-9,12-13,15H,1-7,10-11H2,(H,19,20). The van der Waals surface area contributed by atoms with Crippen LogP contribution >= 0.6 is 22.9 Å². The Labute approximate surface area is 136 Å². The molecular weight excluding hydrogens is 302 g/mol. The third-order valence-corrected chi connectivity index (χ3v) is 6.56. The monoisotopic (exact) mass is 325 g/mol. The van der Waals surface area contributed by atoms with E-state index in [1.54, 1.807) is 11.3 Å². The average Bonchev–Trinajstić information content (AvgIpc) is 3.01. The maximum atomic E-state index is 12.6. The van der Waals surface area contributed by atoms with Crippen molar-refractivity contribution in [2.75, 3.05) is 12.4 Å². The van der Waals surface area contributed by atoms with Crippen LogP contribution in [0.5, 0.6) is 0 Å². The molecule has 2 aliphatic carbocycles. The molecule has 0 aliphatic heterocycles. The summed E-state index contributed by atoms with van der Waals surface area (Å²) in [5, 5.41) is 5.35. The van der Waals surface area contributed by atoms with Crippen molar-refractivity contribution < 1.29 is 4.79 Å². The van der Waals surface area contributed by atoms with E-state index in [1.165, 1.54) is 36.1 Å². The number of alkyl halides is 1. The molecule has 3 unspecified atom stereocenters. The SMILES string of the molecule is O=C(NCC1CCCCC1CCl)C1CCCc2sccc21. The number of carbonyl (C=O) groups is 1. The molecule has 0 radical (unpaired) electrons. The first-order chi connectivity index (χ1) is 10.3. The van der Waals surface area contributed by atoms with Crippen molar-refractivity contribution >= 4 is 28.8 Å². The molecule has 0 aromatic carbocycles. The third-order valence-electron chi connectivity index (χ3n) is 5.17. The summed E-state index contributed by atoms with van der Waals surface area (Å²) in [5.41, 5.74) is 1.28. The molecule has 1 amide bonds. The normalized spacial score (nSPS) is 28.9. The van der Waals surface area contributed by atoms with Gasteiger partial charge in [0.15, 0.2) is 0 Å². The predicted octanol–water partition coefficient (Wildman–Crippen LogP) is 4.33. The Balaban J connectivity index is 1.57. The second kappa shape index (κ2) is 7.15.